The van der Waals surface area contributed by atoms with Gasteiger partial charge in [0.05, 0.1) is 11.5 Å². The summed E-state index contributed by atoms with van der Waals surface area (Å²) in [5, 5.41) is 19.0. The van der Waals surface area contributed by atoms with Crippen LogP contribution in [0.25, 0.3) is 0 Å². The van der Waals surface area contributed by atoms with E-state index in [4.69, 9.17) is 0 Å². The molecule has 0 atom stereocenters. The molecule has 0 amide bonds. The normalized spacial score (nSPS) is 28.9. The average molecular weight is 236 g/mol. The number of carbonyl (C=O) groups is 1. The molecule has 0 aliphatic heterocycles. The van der Waals surface area contributed by atoms with E-state index in [-0.39, 0.29) is 6.10 Å². The molecule has 17 heavy (non-hydrogen) atoms. The van der Waals surface area contributed by atoms with Gasteiger partial charge >= 0.3 is 5.97 Å². The van der Waals surface area contributed by atoms with Gasteiger partial charge in [-0.15, -0.1) is 0 Å². The summed E-state index contributed by atoms with van der Waals surface area (Å²) in [5.41, 5.74) is 0.461. The molecule has 1 fully saturated rings. The summed E-state index contributed by atoms with van der Waals surface area (Å²) < 4.78 is 0. The fourth-order valence-corrected chi connectivity index (χ4v) is 2.55. The molecule has 2 N–H and O–H groups in total. The molecule has 1 saturated carbocycles. The first-order chi connectivity index (χ1) is 8.06. The largest absolute Gasteiger partial charge is 0.481 e. The zero-order valence-corrected chi connectivity index (χ0v) is 9.76. The Kier molecular flexibility index (Phi) is 3.11. The van der Waals surface area contributed by atoms with Crippen molar-refractivity contribution in [2.24, 2.45) is 0 Å². The van der Waals surface area contributed by atoms with Gasteiger partial charge in [-0.1, -0.05) is 0 Å². The lowest BCUT2D eigenvalue weighted by atomic mass is 9.68. The first kappa shape index (κ1) is 12.0. The summed E-state index contributed by atoms with van der Waals surface area (Å²) >= 11 is 0. The Labute approximate surface area is 99.5 Å². The fraction of sp³-hybridized carbons (Fsp3) is 0.583. The second kappa shape index (κ2) is 4.41. The number of aromatic nitrogens is 2. The molecule has 1 heterocycles. The predicted molar refractivity (Wildman–Crippen MR) is 60.6 cm³/mol. The highest BCUT2D eigenvalue weighted by molar-refractivity contribution is 5.81. The number of carboxylic acids is 1. The van der Waals surface area contributed by atoms with Crippen LogP contribution in [-0.2, 0) is 10.2 Å². The van der Waals surface area contributed by atoms with Gasteiger partial charge in [0.25, 0.3) is 0 Å². The number of aryl methyl sites for hydroxylation is 1. The predicted octanol–water partition coefficient (Wildman–Crippen LogP) is 1.04. The smallest absolute Gasteiger partial charge is 0.314 e. The van der Waals surface area contributed by atoms with Crippen molar-refractivity contribution in [1.82, 2.24) is 9.97 Å². The van der Waals surface area contributed by atoms with Crippen molar-refractivity contribution in [1.29, 1.82) is 0 Å². The van der Waals surface area contributed by atoms with E-state index >= 15 is 0 Å². The second-order valence-electron chi connectivity index (χ2n) is 4.64. The SMILES string of the molecule is Cc1ncncc1C1(C(=O)O)CCC(O)CC1. The van der Waals surface area contributed by atoms with E-state index in [1.54, 1.807) is 13.1 Å². The van der Waals surface area contributed by atoms with Crippen LogP contribution in [0.3, 0.4) is 0 Å². The lowest BCUT2D eigenvalue weighted by Gasteiger charge is -2.35. The van der Waals surface area contributed by atoms with Gasteiger partial charge in [0.1, 0.15) is 6.33 Å². The Morgan fingerprint density at radius 3 is 2.65 bits per heavy atom. The van der Waals surface area contributed by atoms with Crippen LogP contribution in [0.1, 0.15) is 36.9 Å². The van der Waals surface area contributed by atoms with Crippen LogP contribution in [-0.4, -0.2) is 32.3 Å². The van der Waals surface area contributed by atoms with Gasteiger partial charge in [-0.3, -0.25) is 4.79 Å². The number of hydrogen-bond donors (Lipinski definition) is 2. The first-order valence-electron chi connectivity index (χ1n) is 5.75. The summed E-state index contributed by atoms with van der Waals surface area (Å²) in [6, 6.07) is 0. The summed E-state index contributed by atoms with van der Waals surface area (Å²) in [6.07, 6.45) is 4.55. The zero-order chi connectivity index (χ0) is 12.5. The highest BCUT2D eigenvalue weighted by atomic mass is 16.4. The van der Waals surface area contributed by atoms with Crippen LogP contribution in [0.2, 0.25) is 0 Å². The topological polar surface area (TPSA) is 83.3 Å². The van der Waals surface area contributed by atoms with Gasteiger partial charge in [-0.25, -0.2) is 9.97 Å². The minimum Gasteiger partial charge on any atom is -0.481 e. The molecule has 1 aromatic rings. The third-order valence-corrected chi connectivity index (χ3v) is 3.65. The maximum absolute atomic E-state index is 11.6. The molecular formula is C12H16N2O3. The molecule has 0 spiro atoms. The van der Waals surface area contributed by atoms with Gasteiger partial charge in [0.2, 0.25) is 0 Å². The number of aliphatic hydroxyl groups excluding tert-OH is 1. The maximum atomic E-state index is 11.6. The molecule has 0 aromatic carbocycles. The van der Waals surface area contributed by atoms with Crippen LogP contribution >= 0.6 is 0 Å². The third-order valence-electron chi connectivity index (χ3n) is 3.65. The van der Waals surface area contributed by atoms with E-state index < -0.39 is 11.4 Å². The van der Waals surface area contributed by atoms with Crippen molar-refractivity contribution in [2.75, 3.05) is 0 Å². The number of nitrogens with zero attached hydrogens (tertiary/aromatic N) is 2. The van der Waals surface area contributed by atoms with Gasteiger partial charge in [0, 0.05) is 17.5 Å². The van der Waals surface area contributed by atoms with Crippen molar-refractivity contribution in [3.8, 4) is 0 Å². The van der Waals surface area contributed by atoms with Crippen molar-refractivity contribution in [3.63, 3.8) is 0 Å². The number of aliphatic carboxylic acids is 1. The van der Waals surface area contributed by atoms with Gasteiger partial charge < -0.3 is 10.2 Å². The lowest BCUT2D eigenvalue weighted by Crippen LogP contribution is -2.41. The molecule has 0 bridgehead atoms. The molecule has 0 saturated heterocycles. The Morgan fingerprint density at radius 2 is 2.12 bits per heavy atom. The van der Waals surface area contributed by atoms with Crippen LogP contribution < -0.4 is 0 Å². The van der Waals surface area contributed by atoms with Crippen LogP contribution in [0.5, 0.6) is 0 Å². The first-order valence-corrected chi connectivity index (χ1v) is 5.75. The second-order valence-corrected chi connectivity index (χ2v) is 4.64. The monoisotopic (exact) mass is 236 g/mol. The highest BCUT2D eigenvalue weighted by Crippen LogP contribution is 2.40. The molecule has 1 aliphatic carbocycles. The minimum absolute atomic E-state index is 0.382. The summed E-state index contributed by atoms with van der Waals surface area (Å²) in [4.78, 5) is 19.6. The van der Waals surface area contributed by atoms with Crippen molar-refractivity contribution >= 4 is 5.97 Å². The molecular weight excluding hydrogens is 220 g/mol. The van der Waals surface area contributed by atoms with Gasteiger partial charge in [-0.05, 0) is 32.6 Å². The zero-order valence-electron chi connectivity index (χ0n) is 9.76. The van der Waals surface area contributed by atoms with Crippen molar-refractivity contribution < 1.29 is 15.0 Å². The van der Waals surface area contributed by atoms with E-state index in [1.165, 1.54) is 6.33 Å². The highest BCUT2D eigenvalue weighted by Gasteiger charge is 2.44. The Hall–Kier alpha value is -1.49. The van der Waals surface area contributed by atoms with Gasteiger partial charge in [-0.2, -0.15) is 0 Å². The summed E-state index contributed by atoms with van der Waals surface area (Å²) in [6.45, 7) is 1.80. The van der Waals surface area contributed by atoms with E-state index in [0.717, 1.165) is 0 Å². The van der Waals surface area contributed by atoms with Crippen molar-refractivity contribution in [2.45, 2.75) is 44.1 Å². The van der Waals surface area contributed by atoms with E-state index in [2.05, 4.69) is 9.97 Å². The van der Waals surface area contributed by atoms with E-state index in [0.29, 0.717) is 36.9 Å². The quantitative estimate of drug-likeness (QED) is 0.801. The third kappa shape index (κ3) is 2.02. The average Bonchev–Trinajstić information content (AvgIpc) is 2.31. The molecule has 1 aromatic heterocycles. The molecule has 5 nitrogen and oxygen atoms in total. The number of rotatable bonds is 2. The Balaban J connectivity index is 2.42. The molecule has 0 unspecified atom stereocenters. The Morgan fingerprint density at radius 1 is 1.47 bits per heavy atom. The lowest BCUT2D eigenvalue weighted by molar-refractivity contribution is -0.146. The summed E-state index contributed by atoms with van der Waals surface area (Å²) in [7, 11) is 0. The molecule has 0 radical (unpaired) electrons. The fourth-order valence-electron chi connectivity index (χ4n) is 2.55. The number of aliphatic hydroxyl groups is 1. The van der Waals surface area contributed by atoms with E-state index in [9.17, 15) is 15.0 Å². The Bertz CT molecular complexity index is 426. The molecule has 92 valence electrons. The molecule has 5 heteroatoms. The van der Waals surface area contributed by atoms with Crippen LogP contribution in [0.4, 0.5) is 0 Å². The number of hydrogen-bond acceptors (Lipinski definition) is 4. The standard InChI is InChI=1S/C12H16N2O3/c1-8-10(6-13-7-14-8)12(11(16)17)4-2-9(15)3-5-12/h6-7,9,15H,2-5H2,1H3,(H,16,17). The van der Waals surface area contributed by atoms with Crippen molar-refractivity contribution in [3.05, 3.63) is 23.8 Å². The van der Waals surface area contributed by atoms with E-state index in [1.807, 2.05) is 0 Å². The summed E-state index contributed by atoms with van der Waals surface area (Å²) in [5.74, 6) is -0.845. The molecule has 2 rings (SSSR count). The number of carboxylic acid groups (broad SMARTS) is 1. The minimum atomic E-state index is -0.926. The van der Waals surface area contributed by atoms with Crippen LogP contribution in [0.15, 0.2) is 12.5 Å². The molecule has 1 aliphatic rings. The van der Waals surface area contributed by atoms with Gasteiger partial charge in [0.15, 0.2) is 0 Å². The van der Waals surface area contributed by atoms with Crippen LogP contribution in [0, 0.1) is 6.92 Å². The maximum Gasteiger partial charge on any atom is 0.314 e.